The lowest BCUT2D eigenvalue weighted by atomic mass is 10.0. The van der Waals surface area contributed by atoms with E-state index in [0.717, 1.165) is 5.92 Å². The third-order valence-corrected chi connectivity index (χ3v) is 3.34. The molecule has 3 N–H and O–H groups in total. The molecule has 0 heterocycles. The topological polar surface area (TPSA) is 78.4 Å². The predicted octanol–water partition coefficient (Wildman–Crippen LogP) is 0.560. The highest BCUT2D eigenvalue weighted by Crippen LogP contribution is 2.60. The molecule has 2 aliphatic rings. The van der Waals surface area contributed by atoms with Crippen molar-refractivity contribution in [2.45, 2.75) is 25.7 Å². The average Bonchev–Trinajstić information content (AvgIpc) is 3.01. The lowest BCUT2D eigenvalue weighted by Gasteiger charge is -2.14. The van der Waals surface area contributed by atoms with Gasteiger partial charge >= 0.3 is 12.0 Å². The zero-order valence-corrected chi connectivity index (χ0v) is 8.58. The molecule has 5 nitrogen and oxygen atoms in total. The van der Waals surface area contributed by atoms with E-state index >= 15 is 0 Å². The fourth-order valence-corrected chi connectivity index (χ4v) is 2.06. The Morgan fingerprint density at radius 2 is 1.93 bits per heavy atom. The minimum atomic E-state index is -1.02. The van der Waals surface area contributed by atoms with E-state index in [1.54, 1.807) is 0 Å². The summed E-state index contributed by atoms with van der Waals surface area (Å²) in [5.74, 6) is -0.217. The highest BCUT2D eigenvalue weighted by atomic mass is 16.4. The Kier molecular flexibility index (Phi) is 2.54. The van der Waals surface area contributed by atoms with Crippen molar-refractivity contribution in [3.63, 3.8) is 0 Å². The van der Waals surface area contributed by atoms with Gasteiger partial charge < -0.3 is 15.7 Å². The monoisotopic (exact) mass is 212 g/mol. The van der Waals surface area contributed by atoms with Gasteiger partial charge in [-0.1, -0.05) is 0 Å². The van der Waals surface area contributed by atoms with Gasteiger partial charge in [-0.25, -0.2) is 4.79 Å². The fourth-order valence-electron chi connectivity index (χ4n) is 2.06. The second-order valence-electron chi connectivity index (χ2n) is 4.57. The summed E-state index contributed by atoms with van der Waals surface area (Å²) in [6.07, 6.45) is 4.99. The molecule has 2 saturated carbocycles. The van der Waals surface area contributed by atoms with Crippen molar-refractivity contribution >= 4 is 12.0 Å². The Labute approximate surface area is 88.2 Å². The lowest BCUT2D eigenvalue weighted by Crippen LogP contribution is -2.41. The molecule has 0 spiro atoms. The Bertz CT molecular complexity index is 282. The Balaban J connectivity index is 1.64. The molecule has 0 aromatic heterocycles. The molecule has 2 aliphatic carbocycles. The van der Waals surface area contributed by atoms with E-state index in [0.29, 0.717) is 12.0 Å². The number of nitrogens with one attached hydrogen (secondary N) is 2. The molecule has 0 atom stereocenters. The summed E-state index contributed by atoms with van der Waals surface area (Å²) in [6.45, 7) is 0.380. The molecular formula is C10H16N2O3. The van der Waals surface area contributed by atoms with Crippen molar-refractivity contribution in [2.24, 2.45) is 11.3 Å². The first-order valence-electron chi connectivity index (χ1n) is 5.36. The molecule has 0 aromatic carbocycles. The Morgan fingerprint density at radius 3 is 2.40 bits per heavy atom. The van der Waals surface area contributed by atoms with Crippen molar-refractivity contribution in [1.82, 2.24) is 10.6 Å². The van der Waals surface area contributed by atoms with E-state index in [1.165, 1.54) is 25.7 Å². The van der Waals surface area contributed by atoms with Gasteiger partial charge in [-0.3, -0.25) is 4.79 Å². The van der Waals surface area contributed by atoms with Gasteiger partial charge in [0.2, 0.25) is 0 Å². The van der Waals surface area contributed by atoms with Crippen LogP contribution in [0.4, 0.5) is 4.79 Å². The molecule has 5 heteroatoms. The number of hydrogen-bond donors (Lipinski definition) is 3. The van der Waals surface area contributed by atoms with Crippen molar-refractivity contribution < 1.29 is 14.7 Å². The van der Waals surface area contributed by atoms with E-state index in [2.05, 4.69) is 10.6 Å². The normalized spacial score (nSPS) is 21.9. The first-order chi connectivity index (χ1) is 7.12. The van der Waals surface area contributed by atoms with Gasteiger partial charge in [0.1, 0.15) is 6.54 Å². The largest absolute Gasteiger partial charge is 0.480 e. The molecule has 2 fully saturated rings. The summed E-state index contributed by atoms with van der Waals surface area (Å²) >= 11 is 0. The van der Waals surface area contributed by atoms with E-state index < -0.39 is 5.97 Å². The maximum Gasteiger partial charge on any atom is 0.323 e. The zero-order chi connectivity index (χ0) is 10.9. The minimum absolute atomic E-state index is 0.317. The van der Waals surface area contributed by atoms with Crippen LogP contribution in [0.2, 0.25) is 0 Å². The summed E-state index contributed by atoms with van der Waals surface area (Å²) in [6, 6.07) is -0.371. The number of carbonyl (C=O) groups is 2. The summed E-state index contributed by atoms with van der Waals surface area (Å²) in [5.41, 5.74) is 0.362. The van der Waals surface area contributed by atoms with Crippen LogP contribution in [0.5, 0.6) is 0 Å². The predicted molar refractivity (Wildman–Crippen MR) is 53.4 cm³/mol. The third-order valence-electron chi connectivity index (χ3n) is 3.34. The third kappa shape index (κ3) is 2.61. The van der Waals surface area contributed by atoms with Crippen molar-refractivity contribution in [3.05, 3.63) is 0 Å². The Morgan fingerprint density at radius 1 is 1.27 bits per heavy atom. The van der Waals surface area contributed by atoms with Crippen LogP contribution in [0.1, 0.15) is 25.7 Å². The number of carboxylic acid groups (broad SMARTS) is 1. The molecule has 0 aromatic rings. The molecule has 84 valence electrons. The minimum Gasteiger partial charge on any atom is -0.480 e. The molecule has 2 rings (SSSR count). The first kappa shape index (κ1) is 10.3. The number of urea groups is 1. The number of aliphatic carboxylic acids is 1. The molecule has 0 aliphatic heterocycles. The van der Waals surface area contributed by atoms with E-state index in [4.69, 9.17) is 5.11 Å². The van der Waals surface area contributed by atoms with Gasteiger partial charge in [-0.15, -0.1) is 0 Å². The van der Waals surface area contributed by atoms with Crippen LogP contribution in [-0.4, -0.2) is 30.2 Å². The van der Waals surface area contributed by atoms with Gasteiger partial charge in [0.05, 0.1) is 0 Å². The molecule has 0 unspecified atom stereocenters. The standard InChI is InChI=1S/C10H16N2O3/c13-8(14)5-11-9(15)12-6-10(3-4-10)7-1-2-7/h7H,1-6H2,(H,13,14)(H2,11,12,15). The van der Waals surface area contributed by atoms with Crippen molar-refractivity contribution in [3.8, 4) is 0 Å². The van der Waals surface area contributed by atoms with Gasteiger partial charge in [-0.05, 0) is 37.0 Å². The number of hydrogen-bond acceptors (Lipinski definition) is 2. The number of carboxylic acids is 1. The van der Waals surface area contributed by atoms with E-state index in [-0.39, 0.29) is 12.6 Å². The zero-order valence-electron chi connectivity index (χ0n) is 8.58. The van der Waals surface area contributed by atoms with Gasteiger partial charge in [0, 0.05) is 6.54 Å². The Hall–Kier alpha value is -1.26. The quantitative estimate of drug-likeness (QED) is 0.623. The second kappa shape index (κ2) is 3.72. The fraction of sp³-hybridized carbons (Fsp3) is 0.800. The molecule has 0 saturated heterocycles. The molecule has 2 amide bonds. The van der Waals surface area contributed by atoms with E-state index in [9.17, 15) is 9.59 Å². The second-order valence-corrected chi connectivity index (χ2v) is 4.57. The number of amides is 2. The summed E-state index contributed by atoms with van der Waals surface area (Å²) < 4.78 is 0. The van der Waals surface area contributed by atoms with Gasteiger partial charge in [0.25, 0.3) is 0 Å². The maximum absolute atomic E-state index is 11.2. The van der Waals surface area contributed by atoms with Crippen LogP contribution in [0.25, 0.3) is 0 Å². The highest BCUT2D eigenvalue weighted by molar-refractivity contribution is 5.79. The molecule has 0 bridgehead atoms. The highest BCUT2D eigenvalue weighted by Gasteiger charge is 2.53. The van der Waals surface area contributed by atoms with Crippen molar-refractivity contribution in [2.75, 3.05) is 13.1 Å². The number of rotatable bonds is 5. The smallest absolute Gasteiger partial charge is 0.323 e. The molecular weight excluding hydrogens is 196 g/mol. The van der Waals surface area contributed by atoms with Crippen LogP contribution < -0.4 is 10.6 Å². The van der Waals surface area contributed by atoms with Crippen LogP contribution >= 0.6 is 0 Å². The molecule has 0 radical (unpaired) electrons. The summed E-state index contributed by atoms with van der Waals surface area (Å²) in [7, 11) is 0. The van der Waals surface area contributed by atoms with Crippen LogP contribution in [0.3, 0.4) is 0 Å². The van der Waals surface area contributed by atoms with Crippen LogP contribution in [0, 0.1) is 11.3 Å². The van der Waals surface area contributed by atoms with E-state index in [1.807, 2.05) is 0 Å². The lowest BCUT2D eigenvalue weighted by molar-refractivity contribution is -0.135. The summed E-state index contributed by atoms with van der Waals surface area (Å²) in [5, 5.41) is 13.4. The molecule has 15 heavy (non-hydrogen) atoms. The first-order valence-corrected chi connectivity index (χ1v) is 5.36. The number of carbonyl (C=O) groups excluding carboxylic acids is 1. The van der Waals surface area contributed by atoms with Crippen LogP contribution in [0.15, 0.2) is 0 Å². The maximum atomic E-state index is 11.2. The average molecular weight is 212 g/mol. The summed E-state index contributed by atoms with van der Waals surface area (Å²) in [4.78, 5) is 21.4. The van der Waals surface area contributed by atoms with Gasteiger partial charge in [0.15, 0.2) is 0 Å². The van der Waals surface area contributed by atoms with Crippen molar-refractivity contribution in [1.29, 1.82) is 0 Å². The van der Waals surface area contributed by atoms with Crippen LogP contribution in [-0.2, 0) is 4.79 Å². The SMILES string of the molecule is O=C(O)CNC(=O)NCC1(C2CC2)CC1. The van der Waals surface area contributed by atoms with Gasteiger partial charge in [-0.2, -0.15) is 0 Å².